The van der Waals surface area contributed by atoms with Crippen molar-refractivity contribution in [3.63, 3.8) is 0 Å². The number of tetrazole rings is 1. The van der Waals surface area contributed by atoms with Crippen LogP contribution in [0.15, 0.2) is 47.6 Å². The number of carbonyl (C=O) groups excluding carboxylic acids is 1. The van der Waals surface area contributed by atoms with E-state index in [0.29, 0.717) is 32.1 Å². The zero-order chi connectivity index (χ0) is 18.5. The Hall–Kier alpha value is -2.60. The van der Waals surface area contributed by atoms with Gasteiger partial charge in [-0.3, -0.25) is 4.79 Å². The van der Waals surface area contributed by atoms with Crippen LogP contribution in [0, 0.1) is 11.3 Å². The van der Waals surface area contributed by atoms with Crippen molar-refractivity contribution in [3.05, 3.63) is 58.1 Å². The first-order valence-electron chi connectivity index (χ1n) is 7.23. The highest BCUT2D eigenvalue weighted by molar-refractivity contribution is 7.99. The number of amides is 1. The van der Waals surface area contributed by atoms with Crippen molar-refractivity contribution in [2.24, 2.45) is 0 Å². The number of thioether (sulfide) groups is 1. The molecule has 1 heterocycles. The van der Waals surface area contributed by atoms with E-state index in [-0.39, 0.29) is 11.7 Å². The van der Waals surface area contributed by atoms with E-state index in [4.69, 9.17) is 28.5 Å². The molecule has 0 bridgehead atoms. The van der Waals surface area contributed by atoms with Gasteiger partial charge in [-0.15, -0.1) is 5.10 Å². The Kier molecular flexibility index (Phi) is 5.73. The zero-order valence-corrected chi connectivity index (χ0v) is 15.4. The maximum absolute atomic E-state index is 12.2. The summed E-state index contributed by atoms with van der Waals surface area (Å²) in [7, 11) is 0. The molecule has 3 aromatic rings. The second kappa shape index (κ2) is 8.19. The number of hydrogen-bond donors (Lipinski definition) is 1. The van der Waals surface area contributed by atoms with Crippen LogP contribution in [0.3, 0.4) is 0 Å². The average molecular weight is 405 g/mol. The summed E-state index contributed by atoms with van der Waals surface area (Å²) in [4.78, 5) is 12.2. The van der Waals surface area contributed by atoms with Crippen LogP contribution in [0.4, 0.5) is 5.69 Å². The summed E-state index contributed by atoms with van der Waals surface area (Å²) in [5, 5.41) is 24.6. The quantitative estimate of drug-likeness (QED) is 0.652. The number of rotatable bonds is 5. The molecule has 130 valence electrons. The van der Waals surface area contributed by atoms with Gasteiger partial charge in [-0.1, -0.05) is 41.0 Å². The van der Waals surface area contributed by atoms with E-state index in [0.717, 1.165) is 11.8 Å². The highest BCUT2D eigenvalue weighted by Crippen LogP contribution is 2.23. The molecular formula is C16H10Cl2N6OS. The van der Waals surface area contributed by atoms with E-state index in [1.807, 2.05) is 6.07 Å². The fourth-order valence-electron chi connectivity index (χ4n) is 2.07. The van der Waals surface area contributed by atoms with Gasteiger partial charge in [-0.05, 0) is 46.8 Å². The lowest BCUT2D eigenvalue weighted by Crippen LogP contribution is -2.15. The molecule has 0 aliphatic heterocycles. The molecule has 1 amide bonds. The van der Waals surface area contributed by atoms with Crippen LogP contribution in [-0.4, -0.2) is 31.9 Å². The van der Waals surface area contributed by atoms with Crippen LogP contribution in [0.2, 0.25) is 10.0 Å². The van der Waals surface area contributed by atoms with Gasteiger partial charge >= 0.3 is 0 Å². The second-order valence-corrected chi connectivity index (χ2v) is 6.81. The molecule has 0 aliphatic carbocycles. The maximum Gasteiger partial charge on any atom is 0.234 e. The number of halogens is 2. The SMILES string of the molecule is N#Cc1ccc(Cl)cc1NC(=O)CSc1nnnn1-c1cccc(Cl)c1. The molecule has 1 N–H and O–H groups in total. The topological polar surface area (TPSA) is 96.5 Å². The first-order chi connectivity index (χ1) is 12.6. The number of nitriles is 1. The molecule has 7 nitrogen and oxygen atoms in total. The predicted octanol–water partition coefficient (Wildman–Crippen LogP) is 3.57. The van der Waals surface area contributed by atoms with E-state index in [2.05, 4.69) is 20.8 Å². The lowest BCUT2D eigenvalue weighted by atomic mass is 10.2. The molecule has 0 aliphatic rings. The monoisotopic (exact) mass is 404 g/mol. The number of nitrogens with one attached hydrogen (secondary N) is 1. The van der Waals surface area contributed by atoms with Crippen molar-refractivity contribution in [3.8, 4) is 11.8 Å². The van der Waals surface area contributed by atoms with Crippen molar-refractivity contribution >= 4 is 46.6 Å². The molecule has 0 fully saturated rings. The molecule has 0 atom stereocenters. The smallest absolute Gasteiger partial charge is 0.234 e. The number of hydrogen-bond acceptors (Lipinski definition) is 6. The molecule has 1 aromatic heterocycles. The maximum atomic E-state index is 12.2. The lowest BCUT2D eigenvalue weighted by Gasteiger charge is -2.07. The van der Waals surface area contributed by atoms with Gasteiger partial charge in [-0.2, -0.15) is 9.94 Å². The Labute approximate surface area is 162 Å². The average Bonchev–Trinajstić information content (AvgIpc) is 3.09. The van der Waals surface area contributed by atoms with Crippen molar-refractivity contribution in [1.29, 1.82) is 5.26 Å². The molecular weight excluding hydrogens is 395 g/mol. The van der Waals surface area contributed by atoms with E-state index in [1.165, 1.54) is 10.7 Å². The van der Waals surface area contributed by atoms with Crippen molar-refractivity contribution in [2.75, 3.05) is 11.1 Å². The van der Waals surface area contributed by atoms with E-state index in [1.54, 1.807) is 36.4 Å². The number of anilines is 1. The molecule has 0 saturated carbocycles. The highest BCUT2D eigenvalue weighted by Gasteiger charge is 2.13. The third kappa shape index (κ3) is 4.32. The minimum Gasteiger partial charge on any atom is -0.324 e. The summed E-state index contributed by atoms with van der Waals surface area (Å²) in [6.07, 6.45) is 0. The highest BCUT2D eigenvalue weighted by atomic mass is 35.5. The molecule has 0 spiro atoms. The molecule has 10 heteroatoms. The third-order valence-corrected chi connectivity index (χ3v) is 4.59. The number of nitrogens with zero attached hydrogens (tertiary/aromatic N) is 5. The van der Waals surface area contributed by atoms with Crippen LogP contribution in [0.1, 0.15) is 5.56 Å². The van der Waals surface area contributed by atoms with Crippen LogP contribution in [0.5, 0.6) is 0 Å². The van der Waals surface area contributed by atoms with Gasteiger partial charge in [0.2, 0.25) is 11.1 Å². The molecule has 0 saturated heterocycles. The molecule has 0 unspecified atom stereocenters. The fraction of sp³-hybridized carbons (Fsp3) is 0.0625. The molecule has 2 aromatic carbocycles. The summed E-state index contributed by atoms with van der Waals surface area (Å²) in [6.45, 7) is 0. The van der Waals surface area contributed by atoms with Crippen LogP contribution in [-0.2, 0) is 4.79 Å². The summed E-state index contributed by atoms with van der Waals surface area (Å²) < 4.78 is 1.49. The zero-order valence-electron chi connectivity index (χ0n) is 13.1. The van der Waals surface area contributed by atoms with Crippen molar-refractivity contribution in [2.45, 2.75) is 5.16 Å². The van der Waals surface area contributed by atoms with Crippen molar-refractivity contribution < 1.29 is 4.79 Å². The summed E-state index contributed by atoms with van der Waals surface area (Å²) in [5.74, 6) is -0.257. The summed E-state index contributed by atoms with van der Waals surface area (Å²) in [6, 6.07) is 13.7. The Morgan fingerprint density at radius 2 is 2.04 bits per heavy atom. The molecule has 26 heavy (non-hydrogen) atoms. The van der Waals surface area contributed by atoms with Crippen LogP contribution in [0.25, 0.3) is 5.69 Å². The second-order valence-electron chi connectivity index (χ2n) is 4.99. The van der Waals surface area contributed by atoms with Crippen molar-refractivity contribution in [1.82, 2.24) is 20.2 Å². The van der Waals surface area contributed by atoms with Gasteiger partial charge in [-0.25, -0.2) is 0 Å². The molecule has 0 radical (unpaired) electrons. The van der Waals surface area contributed by atoms with E-state index in [9.17, 15) is 4.79 Å². The Bertz CT molecular complexity index is 1000. The van der Waals surface area contributed by atoms with Gasteiger partial charge in [0.1, 0.15) is 6.07 Å². The minimum absolute atomic E-state index is 0.0539. The van der Waals surface area contributed by atoms with Gasteiger partial charge in [0, 0.05) is 10.0 Å². The lowest BCUT2D eigenvalue weighted by molar-refractivity contribution is -0.113. The predicted molar refractivity (Wildman–Crippen MR) is 99.7 cm³/mol. The largest absolute Gasteiger partial charge is 0.324 e. The minimum atomic E-state index is -0.311. The van der Waals surface area contributed by atoms with E-state index < -0.39 is 0 Å². The first kappa shape index (κ1) is 18.2. The van der Waals surface area contributed by atoms with Gasteiger partial charge < -0.3 is 5.32 Å². The first-order valence-corrected chi connectivity index (χ1v) is 8.97. The Morgan fingerprint density at radius 3 is 2.81 bits per heavy atom. The summed E-state index contributed by atoms with van der Waals surface area (Å²) in [5.41, 5.74) is 1.38. The Morgan fingerprint density at radius 1 is 1.23 bits per heavy atom. The normalized spacial score (nSPS) is 10.3. The number of aromatic nitrogens is 4. The number of carbonyl (C=O) groups is 1. The fourth-order valence-corrected chi connectivity index (χ4v) is 3.12. The van der Waals surface area contributed by atoms with Crippen LogP contribution < -0.4 is 5.32 Å². The summed E-state index contributed by atoms with van der Waals surface area (Å²) >= 11 is 13.0. The van der Waals surface area contributed by atoms with Gasteiger partial charge in [0.05, 0.1) is 22.7 Å². The van der Waals surface area contributed by atoms with E-state index >= 15 is 0 Å². The number of benzene rings is 2. The Balaban J connectivity index is 1.69. The third-order valence-electron chi connectivity index (χ3n) is 3.20. The van der Waals surface area contributed by atoms with Crippen LogP contribution >= 0.6 is 35.0 Å². The van der Waals surface area contributed by atoms with Gasteiger partial charge in [0.25, 0.3) is 0 Å². The molecule has 3 rings (SSSR count). The standard InChI is InChI=1S/C16H10Cl2N6OS/c17-11-2-1-3-13(6-11)24-16(21-22-23-24)26-9-15(25)20-14-7-12(18)5-4-10(14)8-19/h1-7H,9H2,(H,20,25). The van der Waals surface area contributed by atoms with Gasteiger partial charge in [0.15, 0.2) is 0 Å².